The number of halogens is 4. The molecule has 0 amide bonds. The molecule has 0 unspecified atom stereocenters. The Bertz CT molecular complexity index is 637. The van der Waals surface area contributed by atoms with Crippen LogP contribution in [0.15, 0.2) is 30.3 Å². The number of nitrogens with one attached hydrogen (secondary N) is 1. The van der Waals surface area contributed by atoms with Gasteiger partial charge in [-0.2, -0.15) is 13.2 Å². The van der Waals surface area contributed by atoms with Crippen LogP contribution in [0.5, 0.6) is 0 Å². The summed E-state index contributed by atoms with van der Waals surface area (Å²) < 4.78 is 38.0. The van der Waals surface area contributed by atoms with Crippen molar-refractivity contribution in [2.45, 2.75) is 6.18 Å². The minimum Gasteiger partial charge on any atom is -0.358 e. The fourth-order valence-electron chi connectivity index (χ4n) is 1.62. The van der Waals surface area contributed by atoms with Crippen LogP contribution >= 0.6 is 11.6 Å². The number of benzene rings is 1. The van der Waals surface area contributed by atoms with E-state index in [1.807, 2.05) is 0 Å². The molecule has 0 aliphatic carbocycles. The first-order valence-electron chi connectivity index (χ1n) is 4.99. The minimum absolute atomic E-state index is 0.0125. The number of nitrogens with zero attached hydrogens (tertiary/aromatic N) is 1. The molecule has 100 valence electrons. The second-order valence-corrected chi connectivity index (χ2v) is 4.15. The van der Waals surface area contributed by atoms with E-state index in [-0.39, 0.29) is 5.69 Å². The molecule has 0 atom stereocenters. The van der Waals surface area contributed by atoms with Crippen LogP contribution in [0.4, 0.5) is 19.0 Å². The summed E-state index contributed by atoms with van der Waals surface area (Å²) in [6, 6.07) is 6.70. The Balaban J connectivity index is 2.58. The Labute approximate surface area is 110 Å². The van der Waals surface area contributed by atoms with Crippen molar-refractivity contribution in [3.63, 3.8) is 0 Å². The molecular weight excluding hydrogens is 285 g/mol. The summed E-state index contributed by atoms with van der Waals surface area (Å²) in [5, 5.41) is 11.0. The predicted molar refractivity (Wildman–Crippen MR) is 62.9 cm³/mol. The van der Waals surface area contributed by atoms with E-state index in [4.69, 9.17) is 11.6 Å². The number of nitro groups is 1. The second kappa shape index (κ2) is 4.58. The number of aromatic amines is 1. The Hall–Kier alpha value is -2.02. The molecule has 1 aromatic carbocycles. The lowest BCUT2D eigenvalue weighted by Crippen LogP contribution is -2.06. The number of hydrogen-bond acceptors (Lipinski definition) is 2. The molecule has 0 aliphatic heterocycles. The maximum atomic E-state index is 12.7. The van der Waals surface area contributed by atoms with Gasteiger partial charge in [0.25, 0.3) is 0 Å². The van der Waals surface area contributed by atoms with Crippen molar-refractivity contribution >= 4 is 17.4 Å². The van der Waals surface area contributed by atoms with E-state index in [0.29, 0.717) is 16.7 Å². The summed E-state index contributed by atoms with van der Waals surface area (Å²) in [5.74, 6) is -1.08. The molecule has 0 radical (unpaired) electrons. The van der Waals surface area contributed by atoms with E-state index < -0.39 is 22.5 Å². The number of aromatic nitrogens is 1. The van der Waals surface area contributed by atoms with E-state index in [9.17, 15) is 23.3 Å². The first-order chi connectivity index (χ1) is 8.79. The largest absolute Gasteiger partial charge is 0.424 e. The molecule has 1 N–H and O–H groups in total. The van der Waals surface area contributed by atoms with Crippen molar-refractivity contribution in [2.24, 2.45) is 0 Å². The van der Waals surface area contributed by atoms with Gasteiger partial charge in [0.15, 0.2) is 5.56 Å². The highest BCUT2D eigenvalue weighted by Crippen LogP contribution is 2.38. The molecule has 2 rings (SSSR count). The van der Waals surface area contributed by atoms with E-state index in [1.54, 1.807) is 6.07 Å². The molecule has 19 heavy (non-hydrogen) atoms. The summed E-state index contributed by atoms with van der Waals surface area (Å²) in [7, 11) is 0. The van der Waals surface area contributed by atoms with Crippen molar-refractivity contribution in [3.8, 4) is 11.3 Å². The monoisotopic (exact) mass is 290 g/mol. The number of rotatable bonds is 2. The van der Waals surface area contributed by atoms with Gasteiger partial charge in [0.1, 0.15) is 5.69 Å². The van der Waals surface area contributed by atoms with E-state index >= 15 is 0 Å². The van der Waals surface area contributed by atoms with Gasteiger partial charge < -0.3 is 10.1 Å². The van der Waals surface area contributed by atoms with Gasteiger partial charge in [0, 0.05) is 16.7 Å². The first kappa shape index (κ1) is 13.4. The molecule has 4 nitrogen and oxygen atoms in total. The van der Waals surface area contributed by atoms with Gasteiger partial charge in [0.2, 0.25) is 0 Å². The van der Waals surface area contributed by atoms with Gasteiger partial charge >= 0.3 is 12.0 Å². The van der Waals surface area contributed by atoms with Crippen LogP contribution in [0.3, 0.4) is 0 Å². The average Bonchev–Trinajstić information content (AvgIpc) is 2.73. The van der Waals surface area contributed by atoms with Crippen molar-refractivity contribution in [1.82, 2.24) is 4.98 Å². The smallest absolute Gasteiger partial charge is 0.358 e. The Kier molecular flexibility index (Phi) is 3.23. The van der Waals surface area contributed by atoms with E-state index in [2.05, 4.69) is 4.98 Å². The molecule has 8 heteroatoms. The zero-order valence-corrected chi connectivity index (χ0v) is 9.92. The first-order valence-corrected chi connectivity index (χ1v) is 5.37. The van der Waals surface area contributed by atoms with Gasteiger partial charge in [-0.25, -0.2) is 4.98 Å². The highest BCUT2D eigenvalue weighted by atomic mass is 35.5. The third kappa shape index (κ3) is 2.70. The highest BCUT2D eigenvalue weighted by molar-refractivity contribution is 6.30. The molecule has 0 fully saturated rings. The third-order valence-electron chi connectivity index (χ3n) is 2.42. The summed E-state index contributed by atoms with van der Waals surface area (Å²) in [5.41, 5.74) is -0.986. The fourth-order valence-corrected chi connectivity index (χ4v) is 1.81. The summed E-state index contributed by atoms with van der Waals surface area (Å²) in [4.78, 5) is 11.7. The molecule has 1 heterocycles. The van der Waals surface area contributed by atoms with Crippen LogP contribution in [0, 0.1) is 10.1 Å². The minimum atomic E-state index is -4.80. The molecule has 0 spiro atoms. The van der Waals surface area contributed by atoms with Crippen molar-refractivity contribution < 1.29 is 18.1 Å². The lowest BCUT2D eigenvalue weighted by Gasteiger charge is -2.02. The second-order valence-electron chi connectivity index (χ2n) is 3.71. The van der Waals surface area contributed by atoms with Gasteiger partial charge in [0.05, 0.1) is 0 Å². The van der Waals surface area contributed by atoms with E-state index in [0.717, 1.165) is 0 Å². The van der Waals surface area contributed by atoms with Crippen LogP contribution in [-0.2, 0) is 6.18 Å². The lowest BCUT2D eigenvalue weighted by atomic mass is 10.1. The normalized spacial score (nSPS) is 11.6. The van der Waals surface area contributed by atoms with Crippen LogP contribution in [-0.4, -0.2) is 9.91 Å². The molecule has 0 saturated carbocycles. The third-order valence-corrected chi connectivity index (χ3v) is 2.66. The van der Waals surface area contributed by atoms with Crippen LogP contribution in [0.1, 0.15) is 5.56 Å². The Morgan fingerprint density at radius 2 is 1.95 bits per heavy atom. The van der Waals surface area contributed by atoms with Crippen molar-refractivity contribution in [1.29, 1.82) is 0 Å². The van der Waals surface area contributed by atoms with Gasteiger partial charge in [-0.15, -0.1) is 0 Å². The molecular formula is C11H6ClF3N2O2. The van der Waals surface area contributed by atoms with Gasteiger partial charge in [-0.3, -0.25) is 0 Å². The van der Waals surface area contributed by atoms with Crippen LogP contribution < -0.4 is 0 Å². The Morgan fingerprint density at radius 3 is 2.42 bits per heavy atom. The maximum Gasteiger partial charge on any atom is 0.424 e. The van der Waals surface area contributed by atoms with Crippen molar-refractivity contribution in [3.05, 3.63) is 51.0 Å². The zero-order chi connectivity index (χ0) is 14.2. The fraction of sp³-hybridized carbons (Fsp3) is 0.0909. The SMILES string of the molecule is O=[N+]([O-])c1[nH]c(-c2cccc(Cl)c2)cc1C(F)(F)F. The number of H-pyrrole nitrogens is 1. The number of alkyl halides is 3. The molecule has 2 aromatic rings. The van der Waals surface area contributed by atoms with Gasteiger partial charge in [-0.05, 0) is 17.1 Å². The summed E-state index contributed by atoms with van der Waals surface area (Å²) in [6.07, 6.45) is -4.80. The zero-order valence-electron chi connectivity index (χ0n) is 9.16. The lowest BCUT2D eigenvalue weighted by molar-refractivity contribution is -0.392. The van der Waals surface area contributed by atoms with Crippen LogP contribution in [0.25, 0.3) is 11.3 Å². The predicted octanol–water partition coefficient (Wildman–Crippen LogP) is 4.26. The summed E-state index contributed by atoms with van der Waals surface area (Å²) in [6.45, 7) is 0. The quantitative estimate of drug-likeness (QED) is 0.663. The topological polar surface area (TPSA) is 58.9 Å². The molecule has 1 aromatic heterocycles. The summed E-state index contributed by atoms with van der Waals surface area (Å²) >= 11 is 5.72. The van der Waals surface area contributed by atoms with Crippen LogP contribution in [0.2, 0.25) is 5.02 Å². The Morgan fingerprint density at radius 1 is 1.26 bits per heavy atom. The molecule has 0 bridgehead atoms. The van der Waals surface area contributed by atoms with Crippen molar-refractivity contribution in [2.75, 3.05) is 0 Å². The van der Waals surface area contributed by atoms with E-state index in [1.165, 1.54) is 18.2 Å². The highest BCUT2D eigenvalue weighted by Gasteiger charge is 2.40. The standard InChI is InChI=1S/C11H6ClF3N2O2/c12-7-3-1-2-6(4-7)9-5-8(11(13,14)15)10(16-9)17(18)19/h1-5,16H. The average molecular weight is 291 g/mol. The number of hydrogen-bond donors (Lipinski definition) is 1. The van der Waals surface area contributed by atoms with Gasteiger partial charge in [-0.1, -0.05) is 23.7 Å². The maximum absolute atomic E-state index is 12.7. The molecule has 0 saturated heterocycles. The molecule has 0 aliphatic rings.